The van der Waals surface area contributed by atoms with Crippen LogP contribution in [0.15, 0.2) is 30.5 Å². The molecule has 1 N–H and O–H groups in total. The van der Waals surface area contributed by atoms with Crippen LogP contribution in [0.5, 0.6) is 0 Å². The number of hydrogen-bond donors (Lipinski definition) is 1. The van der Waals surface area contributed by atoms with Gasteiger partial charge in [0, 0.05) is 32.8 Å². The van der Waals surface area contributed by atoms with Crippen molar-refractivity contribution in [3.8, 4) is 11.4 Å². The Bertz CT molecular complexity index is 644. The second-order valence-corrected chi connectivity index (χ2v) is 4.23. The summed E-state index contributed by atoms with van der Waals surface area (Å²) >= 11 is 0. The standard InChI is InChI=1S/C14H15N3O2/c1-9(18)12-4-5-13(17(12)3)11-8-10(6-7-16-11)14(19)15-2/h4-8H,1-3H3,(H,15,19). The molecular formula is C14H15N3O2. The highest BCUT2D eigenvalue weighted by Crippen LogP contribution is 2.20. The summed E-state index contributed by atoms with van der Waals surface area (Å²) < 4.78 is 1.78. The molecule has 2 rings (SSSR count). The van der Waals surface area contributed by atoms with Crippen LogP contribution in [-0.2, 0) is 7.05 Å². The van der Waals surface area contributed by atoms with Gasteiger partial charge in [-0.15, -0.1) is 0 Å². The normalized spacial score (nSPS) is 10.3. The topological polar surface area (TPSA) is 64.0 Å². The average molecular weight is 257 g/mol. The molecule has 2 aromatic rings. The molecule has 0 aliphatic carbocycles. The third kappa shape index (κ3) is 2.40. The fraction of sp³-hybridized carbons (Fsp3) is 0.214. The van der Waals surface area contributed by atoms with Crippen molar-refractivity contribution in [1.29, 1.82) is 0 Å². The van der Waals surface area contributed by atoms with E-state index in [0.29, 0.717) is 17.0 Å². The van der Waals surface area contributed by atoms with Gasteiger partial charge in [-0.05, 0) is 24.3 Å². The molecule has 0 aliphatic rings. The molecule has 2 aromatic heterocycles. The highest BCUT2D eigenvalue weighted by molar-refractivity contribution is 5.95. The largest absolute Gasteiger partial charge is 0.355 e. The average Bonchev–Trinajstić information content (AvgIpc) is 2.80. The molecular weight excluding hydrogens is 242 g/mol. The maximum Gasteiger partial charge on any atom is 0.251 e. The predicted molar refractivity (Wildman–Crippen MR) is 72.0 cm³/mol. The number of rotatable bonds is 3. The summed E-state index contributed by atoms with van der Waals surface area (Å²) in [7, 11) is 3.39. The van der Waals surface area contributed by atoms with Gasteiger partial charge in [-0.25, -0.2) is 0 Å². The van der Waals surface area contributed by atoms with E-state index in [1.807, 2.05) is 6.07 Å². The van der Waals surface area contributed by atoms with Crippen LogP contribution in [0, 0.1) is 0 Å². The van der Waals surface area contributed by atoms with E-state index in [1.165, 1.54) is 6.92 Å². The monoisotopic (exact) mass is 257 g/mol. The first-order valence-corrected chi connectivity index (χ1v) is 5.89. The third-order valence-electron chi connectivity index (χ3n) is 2.99. The Labute approximate surface area is 111 Å². The summed E-state index contributed by atoms with van der Waals surface area (Å²) in [4.78, 5) is 27.3. The van der Waals surface area contributed by atoms with E-state index in [9.17, 15) is 9.59 Å². The molecule has 0 bridgehead atoms. The number of amides is 1. The zero-order chi connectivity index (χ0) is 14.0. The van der Waals surface area contributed by atoms with E-state index in [0.717, 1.165) is 5.69 Å². The number of carbonyl (C=O) groups is 2. The second-order valence-electron chi connectivity index (χ2n) is 4.23. The molecule has 19 heavy (non-hydrogen) atoms. The Balaban J connectivity index is 2.48. The number of nitrogens with one attached hydrogen (secondary N) is 1. The summed E-state index contributed by atoms with van der Waals surface area (Å²) in [5.41, 5.74) is 2.62. The van der Waals surface area contributed by atoms with Crippen LogP contribution in [0.25, 0.3) is 11.4 Å². The molecule has 0 saturated heterocycles. The fourth-order valence-corrected chi connectivity index (χ4v) is 1.98. The third-order valence-corrected chi connectivity index (χ3v) is 2.99. The summed E-state index contributed by atoms with van der Waals surface area (Å²) in [6.45, 7) is 1.52. The lowest BCUT2D eigenvalue weighted by Crippen LogP contribution is -2.17. The minimum absolute atomic E-state index is 0.00351. The number of pyridine rings is 1. The van der Waals surface area contributed by atoms with Crippen molar-refractivity contribution in [2.24, 2.45) is 7.05 Å². The number of ketones is 1. The molecule has 0 aromatic carbocycles. The van der Waals surface area contributed by atoms with Gasteiger partial charge in [-0.1, -0.05) is 0 Å². The summed E-state index contributed by atoms with van der Waals surface area (Å²) in [6, 6.07) is 6.94. The maximum absolute atomic E-state index is 11.6. The van der Waals surface area contributed by atoms with Crippen LogP contribution < -0.4 is 5.32 Å². The zero-order valence-corrected chi connectivity index (χ0v) is 11.1. The van der Waals surface area contributed by atoms with Crippen LogP contribution >= 0.6 is 0 Å². The molecule has 1 amide bonds. The molecule has 0 aliphatic heterocycles. The van der Waals surface area contributed by atoms with Crippen LogP contribution in [0.2, 0.25) is 0 Å². The summed E-state index contributed by atoms with van der Waals surface area (Å²) in [5, 5.41) is 2.57. The van der Waals surface area contributed by atoms with E-state index in [4.69, 9.17) is 0 Å². The molecule has 2 heterocycles. The van der Waals surface area contributed by atoms with E-state index in [2.05, 4.69) is 10.3 Å². The van der Waals surface area contributed by atoms with Crippen molar-refractivity contribution in [1.82, 2.24) is 14.9 Å². The van der Waals surface area contributed by atoms with E-state index < -0.39 is 0 Å². The first kappa shape index (κ1) is 13.0. The van der Waals surface area contributed by atoms with Crippen LogP contribution in [-0.4, -0.2) is 28.3 Å². The maximum atomic E-state index is 11.6. The van der Waals surface area contributed by atoms with Crippen molar-refractivity contribution in [2.75, 3.05) is 7.05 Å². The van der Waals surface area contributed by atoms with Crippen molar-refractivity contribution < 1.29 is 9.59 Å². The Morgan fingerprint density at radius 1 is 1.26 bits per heavy atom. The highest BCUT2D eigenvalue weighted by atomic mass is 16.1. The van der Waals surface area contributed by atoms with Gasteiger partial charge in [0.1, 0.15) is 0 Å². The first-order chi connectivity index (χ1) is 9.04. The van der Waals surface area contributed by atoms with E-state index >= 15 is 0 Å². The Kier molecular flexibility index (Phi) is 3.46. The van der Waals surface area contributed by atoms with Gasteiger partial charge < -0.3 is 9.88 Å². The highest BCUT2D eigenvalue weighted by Gasteiger charge is 2.12. The van der Waals surface area contributed by atoms with E-state index in [1.54, 1.807) is 43.1 Å². The number of Topliss-reactive ketones (excluding diaryl/α,β-unsaturated/α-hetero) is 1. The second kappa shape index (κ2) is 5.06. The molecule has 0 saturated carbocycles. The number of carbonyl (C=O) groups excluding carboxylic acids is 2. The van der Waals surface area contributed by atoms with Crippen LogP contribution in [0.3, 0.4) is 0 Å². The van der Waals surface area contributed by atoms with Gasteiger partial charge in [0.15, 0.2) is 5.78 Å². The number of nitrogens with zero attached hydrogens (tertiary/aromatic N) is 2. The smallest absolute Gasteiger partial charge is 0.251 e. The van der Waals surface area contributed by atoms with Gasteiger partial charge in [0.2, 0.25) is 0 Å². The van der Waals surface area contributed by atoms with Crippen molar-refractivity contribution in [2.45, 2.75) is 6.92 Å². The molecule has 5 nitrogen and oxygen atoms in total. The lowest BCUT2D eigenvalue weighted by molar-refractivity contribution is 0.0961. The molecule has 98 valence electrons. The van der Waals surface area contributed by atoms with Gasteiger partial charge >= 0.3 is 0 Å². The van der Waals surface area contributed by atoms with Gasteiger partial charge in [0.25, 0.3) is 5.91 Å². The first-order valence-electron chi connectivity index (χ1n) is 5.89. The Morgan fingerprint density at radius 2 is 2.00 bits per heavy atom. The Morgan fingerprint density at radius 3 is 2.58 bits per heavy atom. The predicted octanol–water partition coefficient (Wildman–Crippen LogP) is 1.65. The van der Waals surface area contributed by atoms with Crippen molar-refractivity contribution in [3.63, 3.8) is 0 Å². The van der Waals surface area contributed by atoms with Crippen molar-refractivity contribution >= 4 is 11.7 Å². The van der Waals surface area contributed by atoms with Gasteiger partial charge in [-0.2, -0.15) is 0 Å². The lowest BCUT2D eigenvalue weighted by atomic mass is 10.2. The Hall–Kier alpha value is -2.43. The molecule has 0 radical (unpaired) electrons. The van der Waals surface area contributed by atoms with Crippen LogP contribution in [0.1, 0.15) is 27.8 Å². The number of hydrogen-bond acceptors (Lipinski definition) is 3. The van der Waals surface area contributed by atoms with Crippen LogP contribution in [0.4, 0.5) is 0 Å². The zero-order valence-electron chi connectivity index (χ0n) is 11.1. The lowest BCUT2D eigenvalue weighted by Gasteiger charge is -2.06. The van der Waals surface area contributed by atoms with E-state index in [-0.39, 0.29) is 11.7 Å². The fourth-order valence-electron chi connectivity index (χ4n) is 1.98. The van der Waals surface area contributed by atoms with Gasteiger partial charge in [-0.3, -0.25) is 14.6 Å². The quantitative estimate of drug-likeness (QED) is 0.850. The summed E-state index contributed by atoms with van der Waals surface area (Å²) in [5.74, 6) is -0.166. The molecule has 0 atom stereocenters. The SMILES string of the molecule is CNC(=O)c1ccnc(-c2ccc(C(C)=O)n2C)c1. The molecule has 5 heteroatoms. The minimum atomic E-state index is -0.162. The molecule has 0 unspecified atom stereocenters. The number of aromatic nitrogens is 2. The minimum Gasteiger partial charge on any atom is -0.355 e. The molecule has 0 spiro atoms. The van der Waals surface area contributed by atoms with Crippen molar-refractivity contribution in [3.05, 3.63) is 41.7 Å². The molecule has 0 fully saturated rings. The van der Waals surface area contributed by atoms with Gasteiger partial charge in [0.05, 0.1) is 17.1 Å². The summed E-state index contributed by atoms with van der Waals surface area (Å²) in [6.07, 6.45) is 1.58.